The van der Waals surface area contributed by atoms with Gasteiger partial charge in [-0.1, -0.05) is 49.3 Å². The predicted molar refractivity (Wildman–Crippen MR) is 92.6 cm³/mol. The van der Waals surface area contributed by atoms with Crippen LogP contribution >= 0.6 is 0 Å². The Hall–Kier alpha value is -2.44. The van der Waals surface area contributed by atoms with E-state index in [1.54, 1.807) is 18.4 Å². The molecule has 0 aliphatic heterocycles. The summed E-state index contributed by atoms with van der Waals surface area (Å²) in [4.78, 5) is 6.52. The second-order valence-corrected chi connectivity index (χ2v) is 6.39. The highest BCUT2D eigenvalue weighted by molar-refractivity contribution is 5.14. The summed E-state index contributed by atoms with van der Waals surface area (Å²) >= 11 is 0. The monoisotopic (exact) mass is 341 g/mol. The van der Waals surface area contributed by atoms with Gasteiger partial charge in [0.05, 0.1) is 12.8 Å². The molecule has 6 heteroatoms. The lowest BCUT2D eigenvalue weighted by Crippen LogP contribution is -2.28. The van der Waals surface area contributed by atoms with Gasteiger partial charge in [0.2, 0.25) is 5.89 Å². The zero-order chi connectivity index (χ0) is 17.6. The SMILES string of the molecule is CC(C)c1nc(CN(Cc2ccccc2)CC(O)c2ccco2)no1. The summed E-state index contributed by atoms with van der Waals surface area (Å²) in [5.41, 5.74) is 1.15. The van der Waals surface area contributed by atoms with Crippen LogP contribution in [0, 0.1) is 0 Å². The second kappa shape index (κ2) is 8.09. The predicted octanol–water partition coefficient (Wildman–Crippen LogP) is 3.52. The fourth-order valence-corrected chi connectivity index (χ4v) is 2.61. The second-order valence-electron chi connectivity index (χ2n) is 6.39. The molecule has 2 heterocycles. The number of aromatic nitrogens is 2. The van der Waals surface area contributed by atoms with Gasteiger partial charge in [-0.05, 0) is 17.7 Å². The molecule has 3 rings (SSSR count). The van der Waals surface area contributed by atoms with Crippen molar-refractivity contribution in [1.82, 2.24) is 15.0 Å². The smallest absolute Gasteiger partial charge is 0.229 e. The van der Waals surface area contributed by atoms with Crippen LogP contribution in [0.2, 0.25) is 0 Å². The molecule has 1 aromatic carbocycles. The highest BCUT2D eigenvalue weighted by Crippen LogP contribution is 2.18. The molecular weight excluding hydrogens is 318 g/mol. The van der Waals surface area contributed by atoms with Crippen molar-refractivity contribution in [2.45, 2.75) is 39.0 Å². The number of benzene rings is 1. The molecule has 1 atom stereocenters. The lowest BCUT2D eigenvalue weighted by molar-refractivity contribution is 0.0856. The zero-order valence-corrected chi connectivity index (χ0v) is 14.5. The number of furan rings is 1. The van der Waals surface area contributed by atoms with E-state index in [2.05, 4.69) is 27.2 Å². The summed E-state index contributed by atoms with van der Waals surface area (Å²) in [6.45, 7) is 5.60. The first-order valence-corrected chi connectivity index (χ1v) is 8.42. The number of aliphatic hydroxyl groups is 1. The largest absolute Gasteiger partial charge is 0.467 e. The van der Waals surface area contributed by atoms with Crippen LogP contribution in [-0.2, 0) is 13.1 Å². The number of hydrogen-bond donors (Lipinski definition) is 1. The lowest BCUT2D eigenvalue weighted by Gasteiger charge is -2.23. The van der Waals surface area contributed by atoms with Gasteiger partial charge in [-0.25, -0.2) is 0 Å². The average molecular weight is 341 g/mol. The first-order chi connectivity index (χ1) is 12.1. The molecular formula is C19H23N3O3. The van der Waals surface area contributed by atoms with Gasteiger partial charge in [-0.15, -0.1) is 0 Å². The first kappa shape index (κ1) is 17.4. The number of hydrogen-bond acceptors (Lipinski definition) is 6. The van der Waals surface area contributed by atoms with Crippen LogP contribution in [-0.4, -0.2) is 26.7 Å². The summed E-state index contributed by atoms with van der Waals surface area (Å²) in [6, 6.07) is 13.7. The maximum atomic E-state index is 10.4. The Morgan fingerprint density at radius 2 is 1.88 bits per heavy atom. The van der Waals surface area contributed by atoms with Crippen molar-refractivity contribution >= 4 is 0 Å². The lowest BCUT2D eigenvalue weighted by atomic mass is 10.2. The Kier molecular flexibility index (Phi) is 5.63. The third kappa shape index (κ3) is 4.78. The van der Waals surface area contributed by atoms with E-state index in [1.807, 2.05) is 32.0 Å². The van der Waals surface area contributed by atoms with E-state index in [9.17, 15) is 5.11 Å². The quantitative estimate of drug-likeness (QED) is 0.675. The molecule has 0 saturated heterocycles. The Bertz CT molecular complexity index is 753. The maximum Gasteiger partial charge on any atom is 0.229 e. The van der Waals surface area contributed by atoms with Gasteiger partial charge in [0, 0.05) is 19.0 Å². The van der Waals surface area contributed by atoms with Crippen LogP contribution in [0.1, 0.15) is 48.9 Å². The van der Waals surface area contributed by atoms with Crippen molar-refractivity contribution in [2.24, 2.45) is 0 Å². The number of aliphatic hydroxyl groups excluding tert-OH is 1. The van der Waals surface area contributed by atoms with E-state index in [1.165, 1.54) is 0 Å². The van der Waals surface area contributed by atoms with Gasteiger partial charge >= 0.3 is 0 Å². The summed E-state index contributed by atoms with van der Waals surface area (Å²) in [7, 11) is 0. The van der Waals surface area contributed by atoms with Crippen LogP contribution in [0.5, 0.6) is 0 Å². The van der Waals surface area contributed by atoms with Crippen LogP contribution in [0.4, 0.5) is 0 Å². The molecule has 132 valence electrons. The minimum absolute atomic E-state index is 0.192. The maximum absolute atomic E-state index is 10.4. The topological polar surface area (TPSA) is 75.5 Å². The van der Waals surface area contributed by atoms with Gasteiger partial charge in [-0.3, -0.25) is 4.90 Å². The normalized spacial score (nSPS) is 12.8. The van der Waals surface area contributed by atoms with Gasteiger partial charge < -0.3 is 14.0 Å². The Morgan fingerprint density at radius 3 is 2.52 bits per heavy atom. The number of rotatable bonds is 8. The Morgan fingerprint density at radius 1 is 1.08 bits per heavy atom. The number of nitrogens with zero attached hydrogens (tertiary/aromatic N) is 3. The molecule has 25 heavy (non-hydrogen) atoms. The summed E-state index contributed by atoms with van der Waals surface area (Å²) in [5, 5.41) is 14.5. The molecule has 0 bridgehead atoms. The van der Waals surface area contributed by atoms with Gasteiger partial charge in [0.1, 0.15) is 11.9 Å². The molecule has 0 fully saturated rings. The fraction of sp³-hybridized carbons (Fsp3) is 0.368. The molecule has 1 N–H and O–H groups in total. The molecule has 0 radical (unpaired) electrons. The third-order valence-electron chi connectivity index (χ3n) is 3.89. The molecule has 0 amide bonds. The summed E-state index contributed by atoms with van der Waals surface area (Å²) in [5.74, 6) is 1.99. The van der Waals surface area contributed by atoms with Crippen molar-refractivity contribution in [3.63, 3.8) is 0 Å². The van der Waals surface area contributed by atoms with Crippen molar-refractivity contribution < 1.29 is 14.0 Å². The highest BCUT2D eigenvalue weighted by Gasteiger charge is 2.19. The van der Waals surface area contributed by atoms with Crippen LogP contribution < -0.4 is 0 Å². The average Bonchev–Trinajstić information content (AvgIpc) is 3.27. The summed E-state index contributed by atoms with van der Waals surface area (Å²) in [6.07, 6.45) is 0.851. The molecule has 1 unspecified atom stereocenters. The molecule has 6 nitrogen and oxygen atoms in total. The minimum atomic E-state index is -0.713. The van der Waals surface area contributed by atoms with Crippen LogP contribution in [0.25, 0.3) is 0 Å². The van der Waals surface area contributed by atoms with Crippen LogP contribution in [0.3, 0.4) is 0 Å². The van der Waals surface area contributed by atoms with E-state index in [-0.39, 0.29) is 5.92 Å². The molecule has 2 aromatic heterocycles. The molecule has 3 aromatic rings. The third-order valence-corrected chi connectivity index (χ3v) is 3.89. The molecule has 0 aliphatic carbocycles. The van der Waals surface area contributed by atoms with Crippen molar-refractivity contribution in [1.29, 1.82) is 0 Å². The van der Waals surface area contributed by atoms with Crippen molar-refractivity contribution in [2.75, 3.05) is 6.54 Å². The molecule has 0 aliphatic rings. The summed E-state index contributed by atoms with van der Waals surface area (Å²) < 4.78 is 10.6. The van der Waals surface area contributed by atoms with E-state index >= 15 is 0 Å². The highest BCUT2D eigenvalue weighted by atomic mass is 16.5. The Balaban J connectivity index is 1.73. The van der Waals surface area contributed by atoms with Crippen LogP contribution in [0.15, 0.2) is 57.7 Å². The molecule has 0 saturated carbocycles. The van der Waals surface area contributed by atoms with E-state index in [0.717, 1.165) is 5.56 Å². The van der Waals surface area contributed by atoms with Crippen molar-refractivity contribution in [3.8, 4) is 0 Å². The van der Waals surface area contributed by atoms with E-state index in [0.29, 0.717) is 37.1 Å². The fourth-order valence-electron chi connectivity index (χ4n) is 2.61. The van der Waals surface area contributed by atoms with Gasteiger partial charge in [0.15, 0.2) is 5.82 Å². The zero-order valence-electron chi connectivity index (χ0n) is 14.5. The van der Waals surface area contributed by atoms with Gasteiger partial charge in [-0.2, -0.15) is 4.98 Å². The van der Waals surface area contributed by atoms with Crippen molar-refractivity contribution in [3.05, 3.63) is 71.8 Å². The minimum Gasteiger partial charge on any atom is -0.467 e. The Labute approximate surface area is 147 Å². The first-order valence-electron chi connectivity index (χ1n) is 8.42. The molecule has 0 spiro atoms. The van der Waals surface area contributed by atoms with E-state index in [4.69, 9.17) is 8.94 Å². The standard InChI is InChI=1S/C19H23N3O3/c1-14(2)19-20-18(21-25-19)13-22(11-15-7-4-3-5-8-15)12-16(23)17-9-6-10-24-17/h3-10,14,16,23H,11-13H2,1-2H3. The van der Waals surface area contributed by atoms with E-state index < -0.39 is 6.10 Å². The van der Waals surface area contributed by atoms with Gasteiger partial charge in [0.25, 0.3) is 0 Å².